The summed E-state index contributed by atoms with van der Waals surface area (Å²) in [5.41, 5.74) is 2.62. The average molecular weight is 476 g/mol. The second-order valence-electron chi connectivity index (χ2n) is 9.26. The van der Waals surface area contributed by atoms with Crippen LogP contribution in [0.25, 0.3) is 11.1 Å². The Labute approximate surface area is 196 Å². The summed E-state index contributed by atoms with van der Waals surface area (Å²) in [6.07, 6.45) is 3.33. The Morgan fingerprint density at radius 1 is 1.06 bits per heavy atom. The first kappa shape index (κ1) is 25.2. The first-order valence-corrected chi connectivity index (χ1v) is 13.3. The van der Waals surface area contributed by atoms with Crippen LogP contribution in [-0.4, -0.2) is 44.2 Å². The SMILES string of the molecule is CC(c1ccc(-c2ccc(F)cc2)cc1)N1CCC(CCCNS(C)(=O)=O)(C(C)C)NC1=O. The molecule has 8 heteroatoms. The van der Waals surface area contributed by atoms with E-state index in [0.717, 1.165) is 29.4 Å². The number of benzene rings is 2. The summed E-state index contributed by atoms with van der Waals surface area (Å²) >= 11 is 0. The number of hydrogen-bond donors (Lipinski definition) is 2. The van der Waals surface area contributed by atoms with Crippen molar-refractivity contribution in [2.45, 2.75) is 51.6 Å². The van der Waals surface area contributed by atoms with E-state index in [4.69, 9.17) is 0 Å². The van der Waals surface area contributed by atoms with Crippen LogP contribution in [0, 0.1) is 11.7 Å². The number of urea groups is 1. The van der Waals surface area contributed by atoms with Gasteiger partial charge < -0.3 is 10.2 Å². The predicted octanol–water partition coefficient (Wildman–Crippen LogP) is 4.69. The first-order valence-electron chi connectivity index (χ1n) is 11.4. The molecule has 1 saturated heterocycles. The predicted molar refractivity (Wildman–Crippen MR) is 130 cm³/mol. The highest BCUT2D eigenvalue weighted by atomic mass is 32.2. The lowest BCUT2D eigenvalue weighted by Gasteiger charge is -2.47. The third-order valence-corrected chi connectivity index (χ3v) is 7.45. The maximum absolute atomic E-state index is 13.2. The molecule has 2 aromatic carbocycles. The van der Waals surface area contributed by atoms with E-state index in [1.165, 1.54) is 12.1 Å². The van der Waals surface area contributed by atoms with Gasteiger partial charge in [-0.3, -0.25) is 0 Å². The molecule has 0 saturated carbocycles. The zero-order valence-corrected chi connectivity index (χ0v) is 20.6. The molecule has 2 unspecified atom stereocenters. The van der Waals surface area contributed by atoms with Gasteiger partial charge in [-0.2, -0.15) is 0 Å². The van der Waals surface area contributed by atoms with Crippen molar-refractivity contribution in [2.24, 2.45) is 5.92 Å². The molecule has 2 atom stereocenters. The van der Waals surface area contributed by atoms with Gasteiger partial charge in [-0.15, -0.1) is 0 Å². The van der Waals surface area contributed by atoms with Crippen LogP contribution in [0.15, 0.2) is 48.5 Å². The molecular formula is C25H34FN3O3S. The van der Waals surface area contributed by atoms with E-state index in [1.54, 1.807) is 12.1 Å². The molecule has 3 rings (SSSR count). The standard InChI is InChI=1S/C25H34FN3O3S/c1-18(2)25(14-5-16-27-33(4,31)32)15-17-29(24(30)28-25)19(3)20-6-8-21(9-7-20)22-10-12-23(26)13-11-22/h6-13,18-19,27H,5,14-17H2,1-4H3,(H,28,30). The fraction of sp³-hybridized carbons (Fsp3) is 0.480. The van der Waals surface area contributed by atoms with Gasteiger partial charge in [0.25, 0.3) is 0 Å². The summed E-state index contributed by atoms with van der Waals surface area (Å²) < 4.78 is 38.3. The van der Waals surface area contributed by atoms with Crippen LogP contribution in [0.1, 0.15) is 51.6 Å². The minimum Gasteiger partial charge on any atom is -0.332 e. The topological polar surface area (TPSA) is 78.5 Å². The van der Waals surface area contributed by atoms with Crippen LogP contribution in [0.2, 0.25) is 0 Å². The van der Waals surface area contributed by atoms with E-state index in [9.17, 15) is 17.6 Å². The lowest BCUT2D eigenvalue weighted by Crippen LogP contribution is -2.62. The molecule has 6 nitrogen and oxygen atoms in total. The fourth-order valence-corrected chi connectivity index (χ4v) is 5.00. The number of rotatable bonds is 9. The van der Waals surface area contributed by atoms with Gasteiger partial charge in [0.2, 0.25) is 10.0 Å². The van der Waals surface area contributed by atoms with Crippen LogP contribution in [-0.2, 0) is 10.0 Å². The Kier molecular flexibility index (Phi) is 7.80. The van der Waals surface area contributed by atoms with Crippen LogP contribution in [0.5, 0.6) is 0 Å². The lowest BCUT2D eigenvalue weighted by molar-refractivity contribution is 0.0990. The summed E-state index contributed by atoms with van der Waals surface area (Å²) in [6.45, 7) is 7.20. The van der Waals surface area contributed by atoms with Gasteiger partial charge >= 0.3 is 6.03 Å². The number of nitrogens with one attached hydrogen (secondary N) is 2. The van der Waals surface area contributed by atoms with Crippen molar-refractivity contribution in [3.8, 4) is 11.1 Å². The molecule has 1 aliphatic rings. The molecule has 1 fully saturated rings. The maximum Gasteiger partial charge on any atom is 0.318 e. The molecule has 2 amide bonds. The zero-order chi connectivity index (χ0) is 24.2. The average Bonchev–Trinajstić information content (AvgIpc) is 2.76. The van der Waals surface area contributed by atoms with Gasteiger partial charge in [-0.05, 0) is 60.9 Å². The summed E-state index contributed by atoms with van der Waals surface area (Å²) in [7, 11) is -3.21. The third-order valence-electron chi connectivity index (χ3n) is 6.72. The Hall–Kier alpha value is -2.45. The molecule has 0 radical (unpaired) electrons. The van der Waals surface area contributed by atoms with E-state index < -0.39 is 10.0 Å². The summed E-state index contributed by atoms with van der Waals surface area (Å²) in [5.74, 6) is -0.0311. The highest BCUT2D eigenvalue weighted by molar-refractivity contribution is 7.88. The van der Waals surface area contributed by atoms with Crippen LogP contribution in [0.3, 0.4) is 0 Å². The lowest BCUT2D eigenvalue weighted by atomic mass is 9.78. The molecule has 2 aromatic rings. The summed E-state index contributed by atoms with van der Waals surface area (Å²) in [5, 5.41) is 3.24. The Morgan fingerprint density at radius 3 is 2.15 bits per heavy atom. The maximum atomic E-state index is 13.2. The molecule has 0 aromatic heterocycles. The van der Waals surface area contributed by atoms with Crippen molar-refractivity contribution in [3.05, 3.63) is 59.9 Å². The largest absolute Gasteiger partial charge is 0.332 e. The van der Waals surface area contributed by atoms with E-state index in [2.05, 4.69) is 23.9 Å². The normalized spacial score (nSPS) is 20.1. The monoisotopic (exact) mass is 475 g/mol. The molecule has 0 aliphatic carbocycles. The van der Waals surface area contributed by atoms with Crippen molar-refractivity contribution in [1.29, 1.82) is 0 Å². The molecule has 180 valence electrons. The van der Waals surface area contributed by atoms with Crippen LogP contribution in [0.4, 0.5) is 9.18 Å². The molecule has 0 spiro atoms. The number of carbonyl (C=O) groups is 1. The molecular weight excluding hydrogens is 441 g/mol. The van der Waals surface area contributed by atoms with Crippen LogP contribution < -0.4 is 10.0 Å². The minimum atomic E-state index is -3.21. The van der Waals surface area contributed by atoms with Gasteiger partial charge in [0.1, 0.15) is 5.82 Å². The fourth-order valence-electron chi connectivity index (χ4n) is 4.49. The van der Waals surface area contributed by atoms with Gasteiger partial charge in [-0.1, -0.05) is 50.2 Å². The summed E-state index contributed by atoms with van der Waals surface area (Å²) in [4.78, 5) is 15.0. The number of sulfonamides is 1. The van der Waals surface area contributed by atoms with Crippen LogP contribution >= 0.6 is 0 Å². The second kappa shape index (κ2) is 10.2. The van der Waals surface area contributed by atoms with Crippen molar-refractivity contribution < 1.29 is 17.6 Å². The van der Waals surface area contributed by atoms with E-state index in [0.29, 0.717) is 25.9 Å². The highest BCUT2D eigenvalue weighted by Gasteiger charge is 2.41. The van der Waals surface area contributed by atoms with E-state index in [1.807, 2.05) is 36.1 Å². The number of carbonyl (C=O) groups excluding carboxylic acids is 1. The minimum absolute atomic E-state index is 0.0932. The van der Waals surface area contributed by atoms with Gasteiger partial charge in [0.05, 0.1) is 12.3 Å². The Balaban J connectivity index is 1.65. The van der Waals surface area contributed by atoms with E-state index >= 15 is 0 Å². The molecule has 33 heavy (non-hydrogen) atoms. The van der Waals surface area contributed by atoms with Crippen molar-refractivity contribution in [1.82, 2.24) is 14.9 Å². The molecule has 1 aliphatic heterocycles. The quantitative estimate of drug-likeness (QED) is 0.517. The Morgan fingerprint density at radius 2 is 1.64 bits per heavy atom. The Bertz CT molecular complexity index is 1060. The van der Waals surface area contributed by atoms with Crippen molar-refractivity contribution in [2.75, 3.05) is 19.3 Å². The number of halogens is 1. The van der Waals surface area contributed by atoms with Crippen molar-refractivity contribution in [3.63, 3.8) is 0 Å². The second-order valence-corrected chi connectivity index (χ2v) is 11.1. The number of hydrogen-bond acceptors (Lipinski definition) is 3. The third kappa shape index (κ3) is 6.32. The molecule has 2 N–H and O–H groups in total. The van der Waals surface area contributed by atoms with Gasteiger partial charge in [-0.25, -0.2) is 22.3 Å². The zero-order valence-electron chi connectivity index (χ0n) is 19.8. The number of nitrogens with zero attached hydrogens (tertiary/aromatic N) is 1. The van der Waals surface area contributed by atoms with Gasteiger partial charge in [0.15, 0.2) is 0 Å². The smallest absolute Gasteiger partial charge is 0.318 e. The molecule has 1 heterocycles. The molecule has 0 bridgehead atoms. The van der Waals surface area contributed by atoms with E-state index in [-0.39, 0.29) is 29.3 Å². The number of amides is 2. The highest BCUT2D eigenvalue weighted by Crippen LogP contribution is 2.34. The summed E-state index contributed by atoms with van der Waals surface area (Å²) in [6, 6.07) is 14.2. The first-order chi connectivity index (χ1) is 15.5. The van der Waals surface area contributed by atoms with Gasteiger partial charge in [0, 0.05) is 18.6 Å². The van der Waals surface area contributed by atoms with Crippen molar-refractivity contribution >= 4 is 16.1 Å².